The average molecular weight is 143 g/mol. The zero-order valence-corrected chi connectivity index (χ0v) is 6.73. The van der Waals surface area contributed by atoms with Gasteiger partial charge in [-0.2, -0.15) is 0 Å². The van der Waals surface area contributed by atoms with Gasteiger partial charge < -0.3 is 10.1 Å². The SMILES string of the molecule is CCOCCC1CCNC1. The zero-order valence-electron chi connectivity index (χ0n) is 6.73. The zero-order chi connectivity index (χ0) is 7.23. The molecule has 10 heavy (non-hydrogen) atoms. The van der Waals surface area contributed by atoms with Crippen LogP contribution in [0.5, 0.6) is 0 Å². The summed E-state index contributed by atoms with van der Waals surface area (Å²) in [5.41, 5.74) is 0. The summed E-state index contributed by atoms with van der Waals surface area (Å²) in [6, 6.07) is 0. The van der Waals surface area contributed by atoms with E-state index in [2.05, 4.69) is 5.32 Å². The van der Waals surface area contributed by atoms with E-state index >= 15 is 0 Å². The van der Waals surface area contributed by atoms with Gasteiger partial charge in [0.05, 0.1) is 0 Å². The van der Waals surface area contributed by atoms with Crippen LogP contribution in [-0.2, 0) is 4.74 Å². The van der Waals surface area contributed by atoms with Gasteiger partial charge in [0, 0.05) is 13.2 Å². The molecular weight excluding hydrogens is 126 g/mol. The van der Waals surface area contributed by atoms with Gasteiger partial charge in [0.2, 0.25) is 0 Å². The van der Waals surface area contributed by atoms with E-state index in [4.69, 9.17) is 4.74 Å². The molecule has 2 heteroatoms. The summed E-state index contributed by atoms with van der Waals surface area (Å²) in [4.78, 5) is 0. The standard InChI is InChI=1S/C8H17NO/c1-2-10-6-4-8-3-5-9-7-8/h8-9H,2-7H2,1H3. The van der Waals surface area contributed by atoms with Crippen LogP contribution in [0, 0.1) is 5.92 Å². The molecule has 0 spiro atoms. The Labute approximate surface area is 63.0 Å². The maximum absolute atomic E-state index is 5.27. The largest absolute Gasteiger partial charge is 0.382 e. The summed E-state index contributed by atoms with van der Waals surface area (Å²) in [5.74, 6) is 0.881. The smallest absolute Gasteiger partial charge is 0.0469 e. The predicted molar refractivity (Wildman–Crippen MR) is 42.1 cm³/mol. The Morgan fingerprint density at radius 1 is 1.60 bits per heavy atom. The molecule has 1 saturated heterocycles. The van der Waals surface area contributed by atoms with Gasteiger partial charge in [-0.25, -0.2) is 0 Å². The van der Waals surface area contributed by atoms with Gasteiger partial charge in [-0.3, -0.25) is 0 Å². The van der Waals surface area contributed by atoms with Crippen LogP contribution >= 0.6 is 0 Å². The first-order valence-electron chi connectivity index (χ1n) is 4.22. The number of nitrogens with one attached hydrogen (secondary N) is 1. The van der Waals surface area contributed by atoms with E-state index < -0.39 is 0 Å². The van der Waals surface area contributed by atoms with Crippen LogP contribution in [0.1, 0.15) is 19.8 Å². The fraction of sp³-hybridized carbons (Fsp3) is 1.00. The highest BCUT2D eigenvalue weighted by molar-refractivity contribution is 4.70. The van der Waals surface area contributed by atoms with Crippen LogP contribution < -0.4 is 5.32 Å². The molecule has 1 aliphatic rings. The number of rotatable bonds is 4. The first kappa shape index (κ1) is 8.02. The molecule has 60 valence electrons. The van der Waals surface area contributed by atoms with Crippen LogP contribution in [-0.4, -0.2) is 26.3 Å². The lowest BCUT2D eigenvalue weighted by Gasteiger charge is -2.06. The normalized spacial score (nSPS) is 25.5. The Balaban J connectivity index is 1.91. The summed E-state index contributed by atoms with van der Waals surface area (Å²) in [7, 11) is 0. The van der Waals surface area contributed by atoms with Crippen molar-refractivity contribution >= 4 is 0 Å². The van der Waals surface area contributed by atoms with Gasteiger partial charge in [-0.05, 0) is 38.8 Å². The highest BCUT2D eigenvalue weighted by Gasteiger charge is 2.12. The average Bonchev–Trinajstić information content (AvgIpc) is 2.41. The molecule has 0 aromatic rings. The van der Waals surface area contributed by atoms with Crippen LogP contribution in [0.3, 0.4) is 0 Å². The predicted octanol–water partition coefficient (Wildman–Crippen LogP) is 1.02. The van der Waals surface area contributed by atoms with E-state index in [1.165, 1.54) is 25.9 Å². The summed E-state index contributed by atoms with van der Waals surface area (Å²) in [6.07, 6.45) is 2.58. The van der Waals surface area contributed by atoms with Crippen molar-refractivity contribution in [3.63, 3.8) is 0 Å². The van der Waals surface area contributed by atoms with Crippen molar-refractivity contribution in [3.8, 4) is 0 Å². The molecule has 1 fully saturated rings. The molecule has 1 rings (SSSR count). The second-order valence-electron chi connectivity index (χ2n) is 2.84. The molecule has 1 N–H and O–H groups in total. The second-order valence-corrected chi connectivity index (χ2v) is 2.84. The van der Waals surface area contributed by atoms with Crippen molar-refractivity contribution in [3.05, 3.63) is 0 Å². The Morgan fingerprint density at radius 3 is 3.10 bits per heavy atom. The van der Waals surface area contributed by atoms with Crippen molar-refractivity contribution < 1.29 is 4.74 Å². The van der Waals surface area contributed by atoms with Crippen LogP contribution in [0.15, 0.2) is 0 Å². The third kappa shape index (κ3) is 2.67. The molecule has 0 aromatic heterocycles. The molecule has 0 aliphatic carbocycles. The van der Waals surface area contributed by atoms with Gasteiger partial charge in [0.15, 0.2) is 0 Å². The number of ether oxygens (including phenoxy) is 1. The minimum absolute atomic E-state index is 0.861. The molecule has 2 nitrogen and oxygen atoms in total. The van der Waals surface area contributed by atoms with E-state index in [0.717, 1.165) is 19.1 Å². The van der Waals surface area contributed by atoms with Crippen molar-refractivity contribution in [2.24, 2.45) is 5.92 Å². The van der Waals surface area contributed by atoms with Gasteiger partial charge in [-0.1, -0.05) is 0 Å². The fourth-order valence-corrected chi connectivity index (χ4v) is 1.36. The molecule has 0 amide bonds. The topological polar surface area (TPSA) is 21.3 Å². The second kappa shape index (κ2) is 4.69. The summed E-state index contributed by atoms with van der Waals surface area (Å²) in [6.45, 7) is 6.26. The first-order valence-corrected chi connectivity index (χ1v) is 4.22. The maximum atomic E-state index is 5.27. The lowest BCUT2D eigenvalue weighted by molar-refractivity contribution is 0.134. The van der Waals surface area contributed by atoms with E-state index in [-0.39, 0.29) is 0 Å². The van der Waals surface area contributed by atoms with Crippen molar-refractivity contribution in [1.29, 1.82) is 0 Å². The Bertz CT molecular complexity index is 79.3. The quantitative estimate of drug-likeness (QED) is 0.593. The molecular formula is C8H17NO. The first-order chi connectivity index (χ1) is 4.93. The van der Waals surface area contributed by atoms with E-state index in [0.29, 0.717) is 0 Å². The van der Waals surface area contributed by atoms with Gasteiger partial charge in [0.25, 0.3) is 0 Å². The van der Waals surface area contributed by atoms with Crippen LogP contribution in [0.25, 0.3) is 0 Å². The van der Waals surface area contributed by atoms with Gasteiger partial charge >= 0.3 is 0 Å². The summed E-state index contributed by atoms with van der Waals surface area (Å²) >= 11 is 0. The molecule has 1 aliphatic heterocycles. The molecule has 0 radical (unpaired) electrons. The lowest BCUT2D eigenvalue weighted by atomic mass is 10.1. The minimum Gasteiger partial charge on any atom is -0.382 e. The third-order valence-electron chi connectivity index (χ3n) is 2.04. The van der Waals surface area contributed by atoms with E-state index in [1.807, 2.05) is 6.92 Å². The molecule has 0 saturated carbocycles. The van der Waals surface area contributed by atoms with Gasteiger partial charge in [-0.15, -0.1) is 0 Å². The number of hydrogen-bond donors (Lipinski definition) is 1. The monoisotopic (exact) mass is 143 g/mol. The van der Waals surface area contributed by atoms with Crippen molar-refractivity contribution in [2.45, 2.75) is 19.8 Å². The molecule has 0 bridgehead atoms. The molecule has 0 aromatic carbocycles. The molecule has 1 unspecified atom stereocenters. The van der Waals surface area contributed by atoms with Gasteiger partial charge in [0.1, 0.15) is 0 Å². The highest BCUT2D eigenvalue weighted by Crippen LogP contribution is 2.11. The summed E-state index contributed by atoms with van der Waals surface area (Å²) in [5, 5.41) is 3.34. The third-order valence-corrected chi connectivity index (χ3v) is 2.04. The van der Waals surface area contributed by atoms with Crippen molar-refractivity contribution in [1.82, 2.24) is 5.32 Å². The van der Waals surface area contributed by atoms with Crippen LogP contribution in [0.2, 0.25) is 0 Å². The fourth-order valence-electron chi connectivity index (χ4n) is 1.36. The Kier molecular flexibility index (Phi) is 3.76. The highest BCUT2D eigenvalue weighted by atomic mass is 16.5. The Morgan fingerprint density at radius 2 is 2.50 bits per heavy atom. The maximum Gasteiger partial charge on any atom is 0.0469 e. The van der Waals surface area contributed by atoms with Crippen molar-refractivity contribution in [2.75, 3.05) is 26.3 Å². The van der Waals surface area contributed by atoms with Crippen LogP contribution in [0.4, 0.5) is 0 Å². The summed E-state index contributed by atoms with van der Waals surface area (Å²) < 4.78 is 5.27. The van der Waals surface area contributed by atoms with E-state index in [9.17, 15) is 0 Å². The number of hydrogen-bond acceptors (Lipinski definition) is 2. The Hall–Kier alpha value is -0.0800. The minimum atomic E-state index is 0.861. The lowest BCUT2D eigenvalue weighted by Crippen LogP contribution is -2.10. The molecule has 1 atom stereocenters. The van der Waals surface area contributed by atoms with E-state index in [1.54, 1.807) is 0 Å². The molecule has 1 heterocycles.